The first-order valence-corrected chi connectivity index (χ1v) is 13.6. The molecule has 0 spiro atoms. The zero-order chi connectivity index (χ0) is 26.3. The number of aromatic nitrogens is 1. The maximum Gasteiger partial charge on any atom is 0.322 e. The molecule has 1 atom stereocenters. The first kappa shape index (κ1) is 26.0. The summed E-state index contributed by atoms with van der Waals surface area (Å²) in [5.41, 5.74) is 3.86. The molecular weight excluding hydrogens is 512 g/mol. The molecule has 190 valence electrons. The molecular formula is C26H24N4O5S2. The Morgan fingerprint density at radius 2 is 1.76 bits per heavy atom. The lowest BCUT2D eigenvalue weighted by atomic mass is 10.0. The van der Waals surface area contributed by atoms with Crippen LogP contribution in [0.25, 0.3) is 11.1 Å². The molecule has 9 nitrogen and oxygen atoms in total. The molecule has 4 rings (SSSR count). The number of hydrogen-bond acceptors (Lipinski definition) is 6. The zero-order valence-corrected chi connectivity index (χ0v) is 21.1. The van der Waals surface area contributed by atoms with E-state index in [0.29, 0.717) is 17.8 Å². The van der Waals surface area contributed by atoms with Gasteiger partial charge in [-0.3, -0.25) is 9.78 Å². The van der Waals surface area contributed by atoms with Crippen LogP contribution in [0.2, 0.25) is 0 Å². The largest absolute Gasteiger partial charge is 0.480 e. The van der Waals surface area contributed by atoms with Gasteiger partial charge in [0.1, 0.15) is 10.3 Å². The van der Waals surface area contributed by atoms with Gasteiger partial charge in [-0.15, -0.1) is 11.3 Å². The number of anilines is 1. The summed E-state index contributed by atoms with van der Waals surface area (Å²) in [6, 6.07) is 19.5. The Balaban J connectivity index is 1.39. The molecule has 0 saturated carbocycles. The third-order valence-electron chi connectivity index (χ3n) is 5.38. The number of aliphatic carboxylic acids is 1. The summed E-state index contributed by atoms with van der Waals surface area (Å²) < 4.78 is 27.2. The molecule has 0 saturated heterocycles. The number of pyridine rings is 1. The van der Waals surface area contributed by atoms with E-state index >= 15 is 0 Å². The Hall–Kier alpha value is -4.06. The smallest absolute Gasteiger partial charge is 0.322 e. The molecule has 2 aromatic carbocycles. The van der Waals surface area contributed by atoms with Crippen LogP contribution in [0.15, 0.2) is 94.8 Å². The van der Waals surface area contributed by atoms with Crippen molar-refractivity contribution < 1.29 is 23.1 Å². The number of benzene rings is 2. The van der Waals surface area contributed by atoms with E-state index in [2.05, 4.69) is 20.3 Å². The average Bonchev–Trinajstić information content (AvgIpc) is 3.45. The van der Waals surface area contributed by atoms with Crippen LogP contribution in [0.1, 0.15) is 11.1 Å². The quantitative estimate of drug-likeness (QED) is 0.241. The SMILES string of the molecule is O=C(NCc1cccnc1)Nc1cccc(-c2ccc(C[C@H](NS(=O)(=O)c3cccs3)C(=O)O)cc2)c1. The highest BCUT2D eigenvalue weighted by molar-refractivity contribution is 7.91. The molecule has 0 aliphatic heterocycles. The first-order chi connectivity index (χ1) is 17.8. The highest BCUT2D eigenvalue weighted by Crippen LogP contribution is 2.24. The minimum absolute atomic E-state index is 0.0150. The number of hydrogen-bond donors (Lipinski definition) is 4. The van der Waals surface area contributed by atoms with Gasteiger partial charge < -0.3 is 15.7 Å². The van der Waals surface area contributed by atoms with E-state index in [1.807, 2.05) is 36.4 Å². The van der Waals surface area contributed by atoms with Gasteiger partial charge in [0.05, 0.1) is 0 Å². The molecule has 4 aromatic rings. The molecule has 0 radical (unpaired) electrons. The molecule has 0 aliphatic carbocycles. The summed E-state index contributed by atoms with van der Waals surface area (Å²) in [4.78, 5) is 28.0. The molecule has 0 fully saturated rings. The van der Waals surface area contributed by atoms with E-state index in [-0.39, 0.29) is 16.7 Å². The van der Waals surface area contributed by atoms with Crippen molar-refractivity contribution in [2.75, 3.05) is 5.32 Å². The summed E-state index contributed by atoms with van der Waals surface area (Å²) >= 11 is 1.02. The summed E-state index contributed by atoms with van der Waals surface area (Å²) in [6.45, 7) is 0.349. The number of amides is 2. The van der Waals surface area contributed by atoms with Crippen LogP contribution in [0.3, 0.4) is 0 Å². The third kappa shape index (κ3) is 7.23. The van der Waals surface area contributed by atoms with Gasteiger partial charge in [-0.05, 0) is 58.3 Å². The van der Waals surface area contributed by atoms with Gasteiger partial charge in [0.25, 0.3) is 10.0 Å². The zero-order valence-electron chi connectivity index (χ0n) is 19.5. The first-order valence-electron chi connectivity index (χ1n) is 11.2. The molecule has 2 aromatic heterocycles. The fourth-order valence-electron chi connectivity index (χ4n) is 3.55. The van der Waals surface area contributed by atoms with Crippen LogP contribution in [0.5, 0.6) is 0 Å². The van der Waals surface area contributed by atoms with Gasteiger partial charge in [0.2, 0.25) is 0 Å². The maximum atomic E-state index is 12.5. The number of carboxylic acids is 1. The number of carboxylic acid groups (broad SMARTS) is 1. The predicted octanol–water partition coefficient (Wildman–Crippen LogP) is 4.11. The fourth-order valence-corrected chi connectivity index (χ4v) is 5.75. The Morgan fingerprint density at radius 1 is 0.946 bits per heavy atom. The molecule has 0 bridgehead atoms. The highest BCUT2D eigenvalue weighted by Gasteiger charge is 2.26. The lowest BCUT2D eigenvalue weighted by Gasteiger charge is -2.14. The number of nitrogens with zero attached hydrogens (tertiary/aromatic N) is 1. The summed E-state index contributed by atoms with van der Waals surface area (Å²) in [6.07, 6.45) is 3.33. The van der Waals surface area contributed by atoms with Crippen molar-refractivity contribution in [2.24, 2.45) is 0 Å². The maximum absolute atomic E-state index is 12.5. The summed E-state index contributed by atoms with van der Waals surface area (Å²) in [5.74, 6) is -1.26. The Kier molecular flexibility index (Phi) is 8.29. The van der Waals surface area contributed by atoms with Crippen molar-refractivity contribution in [1.82, 2.24) is 15.0 Å². The topological polar surface area (TPSA) is 137 Å². The van der Waals surface area contributed by atoms with E-state index in [4.69, 9.17) is 0 Å². The molecule has 11 heteroatoms. The number of sulfonamides is 1. The van der Waals surface area contributed by atoms with Crippen LogP contribution >= 0.6 is 11.3 Å². The van der Waals surface area contributed by atoms with Crippen LogP contribution in [-0.2, 0) is 27.8 Å². The van der Waals surface area contributed by atoms with Crippen molar-refractivity contribution in [2.45, 2.75) is 23.2 Å². The number of thiophene rings is 1. The van der Waals surface area contributed by atoms with Crippen molar-refractivity contribution in [3.05, 3.63) is 102 Å². The van der Waals surface area contributed by atoms with Gasteiger partial charge >= 0.3 is 12.0 Å². The molecule has 4 N–H and O–H groups in total. The number of urea groups is 1. The van der Waals surface area contributed by atoms with Crippen LogP contribution in [-0.4, -0.2) is 36.6 Å². The molecule has 0 unspecified atom stereocenters. The molecule has 37 heavy (non-hydrogen) atoms. The van der Waals surface area contributed by atoms with Gasteiger partial charge in [0.15, 0.2) is 0 Å². The Labute approximate surface area is 218 Å². The summed E-state index contributed by atoms with van der Waals surface area (Å²) in [7, 11) is -3.92. The second kappa shape index (κ2) is 11.8. The normalized spacial score (nSPS) is 12.0. The number of rotatable bonds is 10. The van der Waals surface area contributed by atoms with Crippen LogP contribution < -0.4 is 15.4 Å². The lowest BCUT2D eigenvalue weighted by Crippen LogP contribution is -2.42. The fraction of sp³-hybridized carbons (Fsp3) is 0.115. The molecule has 2 amide bonds. The van der Waals surface area contributed by atoms with Gasteiger partial charge in [-0.1, -0.05) is 48.5 Å². The van der Waals surface area contributed by atoms with Gasteiger partial charge in [0, 0.05) is 24.6 Å². The predicted molar refractivity (Wildman–Crippen MR) is 142 cm³/mol. The van der Waals surface area contributed by atoms with Gasteiger partial charge in [-0.2, -0.15) is 4.72 Å². The van der Waals surface area contributed by atoms with Gasteiger partial charge in [-0.25, -0.2) is 13.2 Å². The Morgan fingerprint density at radius 3 is 2.43 bits per heavy atom. The Bertz CT molecular complexity index is 1460. The minimum Gasteiger partial charge on any atom is -0.480 e. The number of nitrogens with one attached hydrogen (secondary N) is 3. The van der Waals surface area contributed by atoms with Crippen molar-refractivity contribution in [1.29, 1.82) is 0 Å². The average molecular weight is 537 g/mol. The second-order valence-corrected chi connectivity index (χ2v) is 11.0. The number of carbonyl (C=O) groups excluding carboxylic acids is 1. The van der Waals surface area contributed by atoms with Crippen molar-refractivity contribution >= 4 is 39.0 Å². The lowest BCUT2D eigenvalue weighted by molar-refractivity contribution is -0.138. The highest BCUT2D eigenvalue weighted by atomic mass is 32.2. The second-order valence-electron chi connectivity index (χ2n) is 8.10. The molecule has 0 aliphatic rings. The molecule has 2 heterocycles. The van der Waals surface area contributed by atoms with E-state index in [0.717, 1.165) is 28.0 Å². The van der Waals surface area contributed by atoms with E-state index in [1.54, 1.807) is 48.1 Å². The van der Waals surface area contributed by atoms with E-state index in [1.165, 1.54) is 6.07 Å². The van der Waals surface area contributed by atoms with Crippen molar-refractivity contribution in [3.63, 3.8) is 0 Å². The van der Waals surface area contributed by atoms with Crippen LogP contribution in [0.4, 0.5) is 10.5 Å². The van der Waals surface area contributed by atoms with E-state index < -0.39 is 22.0 Å². The van der Waals surface area contributed by atoms with Crippen LogP contribution in [0, 0.1) is 0 Å². The van der Waals surface area contributed by atoms with E-state index in [9.17, 15) is 23.1 Å². The third-order valence-corrected chi connectivity index (χ3v) is 8.25. The monoisotopic (exact) mass is 536 g/mol. The number of carbonyl (C=O) groups is 2. The summed E-state index contributed by atoms with van der Waals surface area (Å²) in [5, 5.41) is 16.8. The van der Waals surface area contributed by atoms with Crippen molar-refractivity contribution in [3.8, 4) is 11.1 Å². The standard InChI is InChI=1S/C26H24N4O5S2/c31-25(32)23(30-37(34,35)24-7-3-13-36-24)14-18-8-10-20(11-9-18)21-5-1-6-22(15-21)29-26(33)28-17-19-4-2-12-27-16-19/h1-13,15-16,23,30H,14,17H2,(H,31,32)(H2,28,29,33)/t23-/m0/s1. The minimum atomic E-state index is -3.92.